The third kappa shape index (κ3) is 1.94. The Bertz CT molecular complexity index is 561. The molecule has 8 heteroatoms. The lowest BCUT2D eigenvalue weighted by atomic mass is 10.3. The molecule has 1 aromatic carbocycles. The molecule has 0 aliphatic heterocycles. The molecule has 7 nitrogen and oxygen atoms in total. The van der Waals surface area contributed by atoms with E-state index in [1.165, 1.54) is 18.3 Å². The monoisotopic (exact) mass is 241 g/mol. The van der Waals surface area contributed by atoms with Crippen molar-refractivity contribution in [2.45, 2.75) is 4.90 Å². The van der Waals surface area contributed by atoms with Crippen LogP contribution in [0.3, 0.4) is 0 Å². The van der Waals surface area contributed by atoms with Crippen molar-refractivity contribution in [2.75, 3.05) is 7.05 Å². The van der Waals surface area contributed by atoms with Crippen molar-refractivity contribution in [3.05, 3.63) is 34.4 Å². The fourth-order valence-electron chi connectivity index (χ4n) is 1.03. The summed E-state index contributed by atoms with van der Waals surface area (Å²) in [5.74, 6) is 0. The smallest absolute Gasteiger partial charge is 0.258 e. The Morgan fingerprint density at radius 2 is 2.00 bits per heavy atom. The lowest BCUT2D eigenvalue weighted by molar-refractivity contribution is -0.387. The summed E-state index contributed by atoms with van der Waals surface area (Å²) in [6, 6.07) is 4.86. The van der Waals surface area contributed by atoms with Crippen molar-refractivity contribution < 1.29 is 13.3 Å². The molecule has 84 valence electrons. The first-order valence-corrected chi connectivity index (χ1v) is 5.47. The zero-order valence-corrected chi connectivity index (χ0v) is 9.01. The number of para-hydroxylation sites is 1. The first-order chi connectivity index (χ1) is 7.41. The fraction of sp³-hybridized carbons (Fsp3) is 0.125. The van der Waals surface area contributed by atoms with E-state index in [2.05, 4.69) is 0 Å². The quantitative estimate of drug-likeness (QED) is 0.335. The molecule has 0 atom stereocenters. The van der Waals surface area contributed by atoms with Crippen LogP contribution in [-0.4, -0.2) is 24.7 Å². The van der Waals surface area contributed by atoms with Crippen LogP contribution in [0.15, 0.2) is 29.2 Å². The number of rotatable bonds is 3. The van der Waals surface area contributed by atoms with Gasteiger partial charge in [-0.2, -0.15) is 5.26 Å². The average molecular weight is 241 g/mol. The second-order valence-electron chi connectivity index (χ2n) is 2.80. The Hall–Kier alpha value is -2.14. The molecule has 0 bridgehead atoms. The summed E-state index contributed by atoms with van der Waals surface area (Å²) >= 11 is 0. The topological polar surface area (TPSA) is 104 Å². The maximum Gasteiger partial charge on any atom is 0.289 e. The highest BCUT2D eigenvalue weighted by Crippen LogP contribution is 2.24. The molecule has 1 rings (SSSR count). The van der Waals surface area contributed by atoms with Gasteiger partial charge < -0.3 is 0 Å². The molecule has 0 amide bonds. The summed E-state index contributed by atoms with van der Waals surface area (Å²) in [6.07, 6.45) is 1.39. The molecule has 16 heavy (non-hydrogen) atoms. The van der Waals surface area contributed by atoms with Gasteiger partial charge in [0, 0.05) is 13.1 Å². The van der Waals surface area contributed by atoms with Gasteiger partial charge in [-0.05, 0) is 6.07 Å². The van der Waals surface area contributed by atoms with E-state index in [9.17, 15) is 18.5 Å². The maximum atomic E-state index is 11.7. The van der Waals surface area contributed by atoms with E-state index < -0.39 is 25.5 Å². The Labute approximate surface area is 91.7 Å². The largest absolute Gasteiger partial charge is 0.289 e. The number of nitriles is 1. The lowest BCUT2D eigenvalue weighted by Gasteiger charge is -2.09. The standard InChI is InChI=1S/C8H7N3O4S/c1-10(6-9)16(14,15)8-5-3-2-4-7(8)11(12)13/h2-5H,1H3. The number of nitro benzene ring substituents is 1. The SMILES string of the molecule is CN(C#N)S(=O)(=O)c1ccccc1[N+](=O)[O-]. The van der Waals surface area contributed by atoms with E-state index in [-0.39, 0.29) is 0 Å². The van der Waals surface area contributed by atoms with E-state index in [0.29, 0.717) is 4.31 Å². The molecule has 0 aliphatic carbocycles. The van der Waals surface area contributed by atoms with Crippen molar-refractivity contribution >= 4 is 15.7 Å². The number of hydrogen-bond donors (Lipinski definition) is 0. The van der Waals surface area contributed by atoms with Gasteiger partial charge in [0.05, 0.1) is 4.92 Å². The Morgan fingerprint density at radius 1 is 1.44 bits per heavy atom. The summed E-state index contributed by atoms with van der Waals surface area (Å²) in [6.45, 7) is 0. The molecule has 0 aromatic heterocycles. The van der Waals surface area contributed by atoms with Gasteiger partial charge >= 0.3 is 0 Å². The average Bonchev–Trinajstić information content (AvgIpc) is 2.27. The summed E-state index contributed by atoms with van der Waals surface area (Å²) in [4.78, 5) is 9.32. The number of hydrogen-bond acceptors (Lipinski definition) is 5. The van der Waals surface area contributed by atoms with Gasteiger partial charge in [0.1, 0.15) is 0 Å². The van der Waals surface area contributed by atoms with Crippen molar-refractivity contribution in [3.8, 4) is 6.19 Å². The molecule has 0 saturated heterocycles. The van der Waals surface area contributed by atoms with E-state index in [1.54, 1.807) is 0 Å². The summed E-state index contributed by atoms with van der Waals surface area (Å²) in [7, 11) is -3.11. The van der Waals surface area contributed by atoms with Gasteiger partial charge in [-0.1, -0.05) is 12.1 Å². The second kappa shape index (κ2) is 4.16. The minimum absolute atomic E-state index is 0.370. The second-order valence-corrected chi connectivity index (χ2v) is 4.74. The van der Waals surface area contributed by atoms with Crippen molar-refractivity contribution in [1.82, 2.24) is 4.31 Å². The Morgan fingerprint density at radius 3 is 2.50 bits per heavy atom. The molecule has 0 spiro atoms. The van der Waals surface area contributed by atoms with Gasteiger partial charge in [-0.15, -0.1) is 0 Å². The van der Waals surface area contributed by atoms with E-state index in [1.807, 2.05) is 0 Å². The fourth-order valence-corrected chi connectivity index (χ4v) is 2.09. The van der Waals surface area contributed by atoms with E-state index >= 15 is 0 Å². The summed E-state index contributed by atoms with van der Waals surface area (Å²) in [5.41, 5.74) is -0.551. The summed E-state index contributed by atoms with van der Waals surface area (Å²) in [5, 5.41) is 19.1. The van der Waals surface area contributed by atoms with Crippen LogP contribution in [0.1, 0.15) is 0 Å². The van der Waals surface area contributed by atoms with Crippen LogP contribution in [0.2, 0.25) is 0 Å². The van der Waals surface area contributed by atoms with Crippen LogP contribution in [0.4, 0.5) is 5.69 Å². The minimum Gasteiger partial charge on any atom is -0.258 e. The molecular weight excluding hydrogens is 234 g/mol. The van der Waals surface area contributed by atoms with Gasteiger partial charge in [-0.25, -0.2) is 12.7 Å². The zero-order valence-electron chi connectivity index (χ0n) is 8.19. The van der Waals surface area contributed by atoms with Crippen LogP contribution in [0.25, 0.3) is 0 Å². The highest BCUT2D eigenvalue weighted by molar-refractivity contribution is 7.89. The molecule has 0 heterocycles. The molecule has 0 aliphatic rings. The first-order valence-electron chi connectivity index (χ1n) is 4.03. The highest BCUT2D eigenvalue weighted by Gasteiger charge is 2.28. The van der Waals surface area contributed by atoms with Crippen LogP contribution < -0.4 is 0 Å². The van der Waals surface area contributed by atoms with Crippen molar-refractivity contribution in [2.24, 2.45) is 0 Å². The van der Waals surface area contributed by atoms with Crippen molar-refractivity contribution in [1.29, 1.82) is 5.26 Å². The van der Waals surface area contributed by atoms with Gasteiger partial charge in [0.2, 0.25) is 0 Å². The third-order valence-electron chi connectivity index (χ3n) is 1.84. The molecule has 1 aromatic rings. The Kier molecular flexibility index (Phi) is 3.10. The third-order valence-corrected chi connectivity index (χ3v) is 3.54. The minimum atomic E-state index is -4.13. The van der Waals surface area contributed by atoms with Gasteiger partial charge in [0.15, 0.2) is 11.1 Å². The maximum absolute atomic E-state index is 11.7. The van der Waals surface area contributed by atoms with E-state index in [4.69, 9.17) is 5.26 Å². The molecule has 0 unspecified atom stereocenters. The molecular formula is C8H7N3O4S. The highest BCUT2D eigenvalue weighted by atomic mass is 32.2. The van der Waals surface area contributed by atoms with Crippen LogP contribution in [-0.2, 0) is 10.0 Å². The molecule has 0 saturated carbocycles. The zero-order chi connectivity index (χ0) is 12.3. The normalized spacial score (nSPS) is 10.5. The van der Waals surface area contributed by atoms with Crippen molar-refractivity contribution in [3.63, 3.8) is 0 Å². The lowest BCUT2D eigenvalue weighted by Crippen LogP contribution is -2.22. The van der Waals surface area contributed by atoms with Gasteiger partial charge in [0.25, 0.3) is 15.7 Å². The number of benzene rings is 1. The predicted molar refractivity (Wildman–Crippen MR) is 53.7 cm³/mol. The number of sulfonamides is 1. The molecule has 0 fully saturated rings. The summed E-state index contributed by atoms with van der Waals surface area (Å²) < 4.78 is 23.7. The van der Waals surface area contributed by atoms with E-state index in [0.717, 1.165) is 19.2 Å². The number of nitro groups is 1. The number of nitrogens with zero attached hydrogens (tertiary/aromatic N) is 3. The van der Waals surface area contributed by atoms with Crippen LogP contribution in [0, 0.1) is 21.6 Å². The first kappa shape index (κ1) is 11.9. The molecule has 0 radical (unpaired) electrons. The molecule has 0 N–H and O–H groups in total. The Balaban J connectivity index is 3.47. The van der Waals surface area contributed by atoms with Crippen LogP contribution in [0.5, 0.6) is 0 Å². The predicted octanol–water partition coefficient (Wildman–Crippen LogP) is 0.696. The van der Waals surface area contributed by atoms with Crippen LogP contribution >= 0.6 is 0 Å². The van der Waals surface area contributed by atoms with Gasteiger partial charge in [-0.3, -0.25) is 10.1 Å².